The lowest BCUT2D eigenvalue weighted by atomic mass is 10.1. The van der Waals surface area contributed by atoms with Crippen LogP contribution in [0.1, 0.15) is 27.8 Å². The first-order valence-corrected chi connectivity index (χ1v) is 9.03. The van der Waals surface area contributed by atoms with Gasteiger partial charge in [-0.05, 0) is 47.8 Å². The Kier molecular flexibility index (Phi) is 5.22. The van der Waals surface area contributed by atoms with E-state index in [-0.39, 0.29) is 0 Å². The Balaban J connectivity index is 1.56. The molecule has 0 aliphatic carbocycles. The zero-order valence-electron chi connectivity index (χ0n) is 11.9. The molecule has 2 aromatic heterocycles. The zero-order chi connectivity index (χ0) is 14.3. The quantitative estimate of drug-likeness (QED) is 0.597. The summed E-state index contributed by atoms with van der Waals surface area (Å²) in [4.78, 5) is 2.80. The second kappa shape index (κ2) is 7.55. The van der Waals surface area contributed by atoms with E-state index in [4.69, 9.17) is 0 Å². The van der Waals surface area contributed by atoms with Crippen molar-refractivity contribution in [1.29, 1.82) is 0 Å². The number of benzene rings is 1. The van der Waals surface area contributed by atoms with Crippen molar-refractivity contribution in [3.63, 3.8) is 0 Å². The van der Waals surface area contributed by atoms with E-state index in [9.17, 15) is 0 Å². The van der Waals surface area contributed by atoms with E-state index >= 15 is 0 Å². The maximum Gasteiger partial charge on any atom is 0.0764 e. The highest BCUT2D eigenvalue weighted by Crippen LogP contribution is 2.29. The smallest absolute Gasteiger partial charge is 0.0764 e. The molecule has 21 heavy (non-hydrogen) atoms. The fourth-order valence-corrected chi connectivity index (χ4v) is 4.15. The first-order valence-electron chi connectivity index (χ1n) is 7.27. The lowest BCUT2D eigenvalue weighted by Crippen LogP contribution is -2.22. The van der Waals surface area contributed by atoms with Crippen molar-refractivity contribution in [1.82, 2.24) is 5.32 Å². The van der Waals surface area contributed by atoms with Crippen LogP contribution in [0.2, 0.25) is 0 Å². The van der Waals surface area contributed by atoms with E-state index in [1.54, 1.807) is 0 Å². The molecule has 3 rings (SSSR count). The maximum atomic E-state index is 3.72. The third-order valence-corrected chi connectivity index (χ3v) is 5.36. The van der Waals surface area contributed by atoms with Gasteiger partial charge in [-0.2, -0.15) is 0 Å². The second-order valence-corrected chi connectivity index (χ2v) is 6.97. The Morgan fingerprint density at radius 2 is 1.48 bits per heavy atom. The van der Waals surface area contributed by atoms with Crippen molar-refractivity contribution in [2.24, 2.45) is 0 Å². The summed E-state index contributed by atoms with van der Waals surface area (Å²) in [6, 6.07) is 19.8. The lowest BCUT2D eigenvalue weighted by molar-refractivity contribution is 0.596. The first kappa shape index (κ1) is 14.5. The highest BCUT2D eigenvalue weighted by Gasteiger charge is 2.15. The number of aryl methyl sites for hydroxylation is 1. The van der Waals surface area contributed by atoms with E-state index in [0.717, 1.165) is 19.4 Å². The van der Waals surface area contributed by atoms with E-state index in [1.807, 2.05) is 22.7 Å². The predicted octanol–water partition coefficient (Wildman–Crippen LogP) is 5.12. The van der Waals surface area contributed by atoms with Crippen molar-refractivity contribution < 1.29 is 0 Å². The molecule has 0 unspecified atom stereocenters. The Hall–Kier alpha value is -1.42. The van der Waals surface area contributed by atoms with Gasteiger partial charge in [-0.3, -0.25) is 0 Å². The van der Waals surface area contributed by atoms with E-state index in [1.165, 1.54) is 15.3 Å². The lowest BCUT2D eigenvalue weighted by Gasteiger charge is -2.16. The molecule has 0 atom stereocenters. The Bertz CT molecular complexity index is 580. The minimum atomic E-state index is 0.348. The van der Waals surface area contributed by atoms with Crippen molar-refractivity contribution >= 4 is 22.7 Å². The van der Waals surface area contributed by atoms with Crippen molar-refractivity contribution in [3.05, 3.63) is 80.7 Å². The van der Waals surface area contributed by atoms with E-state index in [2.05, 4.69) is 70.7 Å². The van der Waals surface area contributed by atoms with Gasteiger partial charge in [0.05, 0.1) is 6.04 Å². The number of rotatable bonds is 7. The summed E-state index contributed by atoms with van der Waals surface area (Å²) in [5, 5.41) is 8.02. The van der Waals surface area contributed by atoms with Crippen LogP contribution in [-0.2, 0) is 6.42 Å². The van der Waals surface area contributed by atoms with Crippen LogP contribution >= 0.6 is 22.7 Å². The molecule has 0 saturated carbocycles. The Labute approximate surface area is 134 Å². The minimum absolute atomic E-state index is 0.348. The monoisotopic (exact) mass is 313 g/mol. The molecule has 0 aliphatic heterocycles. The molecule has 0 saturated heterocycles. The Morgan fingerprint density at radius 1 is 0.810 bits per heavy atom. The average molecular weight is 313 g/mol. The van der Waals surface area contributed by atoms with Gasteiger partial charge in [-0.1, -0.05) is 42.5 Å². The molecular formula is C18H19NS2. The summed E-state index contributed by atoms with van der Waals surface area (Å²) in [7, 11) is 0. The van der Waals surface area contributed by atoms with Crippen LogP contribution < -0.4 is 5.32 Å². The fraction of sp³-hybridized carbons (Fsp3) is 0.222. The summed E-state index contributed by atoms with van der Waals surface area (Å²) in [5.41, 5.74) is 1.42. The van der Waals surface area contributed by atoms with Gasteiger partial charge in [0.15, 0.2) is 0 Å². The number of hydrogen-bond acceptors (Lipinski definition) is 3. The average Bonchev–Trinajstić information content (AvgIpc) is 3.22. The van der Waals surface area contributed by atoms with Gasteiger partial charge in [-0.15, -0.1) is 22.7 Å². The summed E-state index contributed by atoms with van der Waals surface area (Å²) in [5.74, 6) is 0. The van der Waals surface area contributed by atoms with Crippen LogP contribution in [0.15, 0.2) is 65.4 Å². The normalized spacial score (nSPS) is 11.1. The third kappa shape index (κ3) is 4.03. The maximum absolute atomic E-state index is 3.72. The molecule has 0 aliphatic rings. The molecule has 0 radical (unpaired) electrons. The van der Waals surface area contributed by atoms with Crippen molar-refractivity contribution in [3.8, 4) is 0 Å². The van der Waals surface area contributed by atoms with Crippen LogP contribution in [0.3, 0.4) is 0 Å². The summed E-state index contributed by atoms with van der Waals surface area (Å²) in [6.07, 6.45) is 2.30. The summed E-state index contributed by atoms with van der Waals surface area (Å²) < 4.78 is 0. The summed E-state index contributed by atoms with van der Waals surface area (Å²) >= 11 is 3.66. The van der Waals surface area contributed by atoms with Crippen LogP contribution in [-0.4, -0.2) is 6.54 Å². The molecule has 1 nitrogen and oxygen atoms in total. The van der Waals surface area contributed by atoms with Crippen LogP contribution in [0.25, 0.3) is 0 Å². The molecule has 0 bridgehead atoms. The summed E-state index contributed by atoms with van der Waals surface area (Å²) in [6.45, 7) is 1.04. The largest absolute Gasteiger partial charge is 0.305 e. The van der Waals surface area contributed by atoms with Gasteiger partial charge < -0.3 is 5.32 Å². The van der Waals surface area contributed by atoms with Gasteiger partial charge in [0.25, 0.3) is 0 Å². The van der Waals surface area contributed by atoms with Crippen LogP contribution in [0.5, 0.6) is 0 Å². The minimum Gasteiger partial charge on any atom is -0.305 e. The Morgan fingerprint density at radius 3 is 2.05 bits per heavy atom. The van der Waals surface area contributed by atoms with Crippen LogP contribution in [0.4, 0.5) is 0 Å². The number of nitrogens with one attached hydrogen (secondary N) is 1. The van der Waals surface area contributed by atoms with Gasteiger partial charge in [-0.25, -0.2) is 0 Å². The molecule has 108 valence electrons. The topological polar surface area (TPSA) is 12.0 Å². The van der Waals surface area contributed by atoms with Gasteiger partial charge >= 0.3 is 0 Å². The molecule has 2 heterocycles. The van der Waals surface area contributed by atoms with Gasteiger partial charge in [0.1, 0.15) is 0 Å². The van der Waals surface area contributed by atoms with Crippen molar-refractivity contribution in [2.45, 2.75) is 18.9 Å². The highest BCUT2D eigenvalue weighted by atomic mass is 32.1. The number of thiophene rings is 2. The molecule has 0 fully saturated rings. The molecular weight excluding hydrogens is 294 g/mol. The molecule has 3 aromatic rings. The van der Waals surface area contributed by atoms with Crippen LogP contribution in [0, 0.1) is 0 Å². The van der Waals surface area contributed by atoms with Crippen molar-refractivity contribution in [2.75, 3.05) is 6.54 Å². The standard InChI is InChI=1S/C18H19NS2/c1-2-7-15(8-3-1)9-4-12-19-18(16-10-5-13-20-16)17-11-6-14-21-17/h1-3,5-8,10-11,13-14,18-19H,4,9,12H2. The van der Waals surface area contributed by atoms with Gasteiger partial charge in [0.2, 0.25) is 0 Å². The molecule has 3 heteroatoms. The third-order valence-electron chi connectivity index (χ3n) is 3.49. The molecule has 1 aromatic carbocycles. The zero-order valence-corrected chi connectivity index (χ0v) is 13.5. The van der Waals surface area contributed by atoms with E-state index < -0.39 is 0 Å². The SMILES string of the molecule is c1ccc(CCCNC(c2cccs2)c2cccs2)cc1. The first-order chi connectivity index (χ1) is 10.4. The predicted molar refractivity (Wildman–Crippen MR) is 93.2 cm³/mol. The molecule has 0 amide bonds. The van der Waals surface area contributed by atoms with Gasteiger partial charge in [0, 0.05) is 9.75 Å². The highest BCUT2D eigenvalue weighted by molar-refractivity contribution is 7.11. The number of hydrogen-bond donors (Lipinski definition) is 1. The van der Waals surface area contributed by atoms with E-state index in [0.29, 0.717) is 6.04 Å². The second-order valence-electron chi connectivity index (χ2n) is 5.01. The molecule has 1 N–H and O–H groups in total. The fourth-order valence-electron chi connectivity index (χ4n) is 2.44. The molecule has 0 spiro atoms.